The zero-order valence-corrected chi connectivity index (χ0v) is 7.52. The van der Waals surface area contributed by atoms with Crippen molar-refractivity contribution >= 4 is 9.84 Å². The van der Waals surface area contributed by atoms with Crippen LogP contribution in [0.25, 0.3) is 0 Å². The molecular formula is C7H13NO2S. The first-order chi connectivity index (χ1) is 5.12. The molecule has 0 saturated carbocycles. The molecule has 0 aliphatic rings. The van der Waals surface area contributed by atoms with Crippen molar-refractivity contribution in [1.29, 1.82) is 5.26 Å². The van der Waals surface area contributed by atoms with Gasteiger partial charge >= 0.3 is 0 Å². The molecule has 0 atom stereocenters. The molecule has 64 valence electrons. The summed E-state index contributed by atoms with van der Waals surface area (Å²) in [4.78, 5) is 0. The molecule has 0 heterocycles. The minimum atomic E-state index is -2.93. The van der Waals surface area contributed by atoms with Gasteiger partial charge in [-0.15, -0.1) is 0 Å². The van der Waals surface area contributed by atoms with Gasteiger partial charge in [0.25, 0.3) is 0 Å². The van der Waals surface area contributed by atoms with E-state index in [4.69, 9.17) is 5.26 Å². The summed E-state index contributed by atoms with van der Waals surface area (Å²) >= 11 is 0. The van der Waals surface area contributed by atoms with E-state index in [9.17, 15) is 8.42 Å². The van der Waals surface area contributed by atoms with Crippen LogP contribution in [-0.4, -0.2) is 19.9 Å². The molecule has 0 aromatic carbocycles. The van der Waals surface area contributed by atoms with Crippen LogP contribution in [0.5, 0.6) is 0 Å². The van der Waals surface area contributed by atoms with E-state index in [-0.39, 0.29) is 17.9 Å². The molecule has 0 aliphatic heterocycles. The Bertz CT molecular complexity index is 225. The smallest absolute Gasteiger partial charge is 0.151 e. The third kappa shape index (κ3) is 5.86. The van der Waals surface area contributed by atoms with Gasteiger partial charge in [-0.3, -0.25) is 0 Å². The number of sulfone groups is 1. The summed E-state index contributed by atoms with van der Waals surface area (Å²) in [6.45, 7) is 1.94. The topological polar surface area (TPSA) is 57.9 Å². The van der Waals surface area contributed by atoms with Crippen LogP contribution in [0.15, 0.2) is 0 Å². The lowest BCUT2D eigenvalue weighted by Gasteiger charge is -1.98. The zero-order chi connectivity index (χ0) is 8.74. The molecule has 0 amide bonds. The number of unbranched alkanes of at least 4 members (excludes halogenated alkanes) is 1. The largest absolute Gasteiger partial charge is 0.229 e. The maximum Gasteiger partial charge on any atom is 0.151 e. The molecule has 0 fully saturated rings. The van der Waals surface area contributed by atoms with Gasteiger partial charge in [-0.1, -0.05) is 13.3 Å². The number of nitriles is 1. The molecule has 0 N–H and O–H groups in total. The number of hydrogen-bond donors (Lipinski definition) is 0. The van der Waals surface area contributed by atoms with E-state index in [1.165, 1.54) is 0 Å². The predicted molar refractivity (Wildman–Crippen MR) is 43.8 cm³/mol. The van der Waals surface area contributed by atoms with Crippen molar-refractivity contribution in [1.82, 2.24) is 0 Å². The quantitative estimate of drug-likeness (QED) is 0.629. The molecular weight excluding hydrogens is 162 g/mol. The molecule has 0 aliphatic carbocycles. The summed E-state index contributed by atoms with van der Waals surface area (Å²) in [7, 11) is -2.93. The highest BCUT2D eigenvalue weighted by molar-refractivity contribution is 7.91. The van der Waals surface area contributed by atoms with Crippen LogP contribution in [-0.2, 0) is 9.84 Å². The van der Waals surface area contributed by atoms with Crippen LogP contribution in [0.2, 0.25) is 0 Å². The van der Waals surface area contributed by atoms with Gasteiger partial charge in [-0.05, 0) is 6.42 Å². The minimum Gasteiger partial charge on any atom is -0.229 e. The van der Waals surface area contributed by atoms with Gasteiger partial charge in [0, 0.05) is 6.42 Å². The normalized spacial score (nSPS) is 10.9. The first-order valence-corrected chi connectivity index (χ1v) is 5.52. The van der Waals surface area contributed by atoms with Crippen molar-refractivity contribution in [3.05, 3.63) is 0 Å². The molecule has 3 nitrogen and oxygen atoms in total. The molecule has 0 spiro atoms. The lowest BCUT2D eigenvalue weighted by Crippen LogP contribution is -2.10. The van der Waals surface area contributed by atoms with Crippen LogP contribution in [0, 0.1) is 11.3 Å². The van der Waals surface area contributed by atoms with Gasteiger partial charge in [0.1, 0.15) is 0 Å². The summed E-state index contributed by atoms with van der Waals surface area (Å²) in [5, 5.41) is 8.14. The molecule has 0 radical (unpaired) electrons. The first kappa shape index (κ1) is 10.4. The Morgan fingerprint density at radius 1 is 1.36 bits per heavy atom. The highest BCUT2D eigenvalue weighted by Crippen LogP contribution is 1.98. The van der Waals surface area contributed by atoms with Crippen LogP contribution in [0.1, 0.15) is 26.2 Å². The van der Waals surface area contributed by atoms with Crippen molar-refractivity contribution in [2.75, 3.05) is 11.5 Å². The van der Waals surface area contributed by atoms with Gasteiger partial charge in [0.15, 0.2) is 9.84 Å². The number of hydrogen-bond acceptors (Lipinski definition) is 3. The zero-order valence-electron chi connectivity index (χ0n) is 6.71. The van der Waals surface area contributed by atoms with Crippen molar-refractivity contribution in [3.63, 3.8) is 0 Å². The Morgan fingerprint density at radius 2 is 2.00 bits per heavy atom. The van der Waals surface area contributed by atoms with Crippen LogP contribution >= 0.6 is 0 Å². The lowest BCUT2D eigenvalue weighted by molar-refractivity contribution is 0.592. The average molecular weight is 175 g/mol. The Kier molecular flexibility index (Phi) is 4.88. The summed E-state index contributed by atoms with van der Waals surface area (Å²) in [6, 6.07) is 1.82. The molecule has 0 saturated heterocycles. The Hall–Kier alpha value is -0.560. The molecule has 4 heteroatoms. The van der Waals surface area contributed by atoms with Crippen molar-refractivity contribution in [2.45, 2.75) is 26.2 Å². The fourth-order valence-electron chi connectivity index (χ4n) is 0.667. The molecule has 0 unspecified atom stereocenters. The monoisotopic (exact) mass is 175 g/mol. The number of rotatable bonds is 5. The van der Waals surface area contributed by atoms with Gasteiger partial charge < -0.3 is 0 Å². The maximum atomic E-state index is 11.0. The Labute approximate surface area is 67.9 Å². The highest BCUT2D eigenvalue weighted by atomic mass is 32.2. The average Bonchev–Trinajstić information content (AvgIpc) is 1.97. The van der Waals surface area contributed by atoms with E-state index in [1.807, 2.05) is 13.0 Å². The van der Waals surface area contributed by atoms with Crippen molar-refractivity contribution < 1.29 is 8.42 Å². The van der Waals surface area contributed by atoms with Gasteiger partial charge in [-0.25, -0.2) is 8.42 Å². The van der Waals surface area contributed by atoms with Crippen molar-refractivity contribution in [3.8, 4) is 6.07 Å². The molecule has 0 bridgehead atoms. The second kappa shape index (κ2) is 5.14. The van der Waals surface area contributed by atoms with Crippen LogP contribution in [0.4, 0.5) is 0 Å². The third-order valence-electron chi connectivity index (χ3n) is 1.33. The van der Waals surface area contributed by atoms with E-state index in [0.717, 1.165) is 6.42 Å². The van der Waals surface area contributed by atoms with Crippen LogP contribution in [0.3, 0.4) is 0 Å². The maximum absolute atomic E-state index is 11.0. The van der Waals surface area contributed by atoms with Gasteiger partial charge in [0.2, 0.25) is 0 Å². The van der Waals surface area contributed by atoms with Crippen LogP contribution < -0.4 is 0 Å². The molecule has 0 aromatic rings. The van der Waals surface area contributed by atoms with E-state index in [1.54, 1.807) is 0 Å². The van der Waals surface area contributed by atoms with Crippen molar-refractivity contribution in [2.24, 2.45) is 0 Å². The second-order valence-electron chi connectivity index (χ2n) is 2.41. The molecule has 0 rings (SSSR count). The fraction of sp³-hybridized carbons (Fsp3) is 0.857. The third-order valence-corrected chi connectivity index (χ3v) is 3.07. The fourth-order valence-corrected chi connectivity index (χ4v) is 2.00. The summed E-state index contributed by atoms with van der Waals surface area (Å²) in [5.41, 5.74) is 0. The minimum absolute atomic E-state index is 0.0174. The standard InChI is InChI=1S/C7H13NO2S/c1-2-3-6-11(9,10)7-4-5-8/h2-4,6-7H2,1H3. The van der Waals surface area contributed by atoms with E-state index in [0.29, 0.717) is 6.42 Å². The van der Waals surface area contributed by atoms with E-state index < -0.39 is 9.84 Å². The summed E-state index contributed by atoms with van der Waals surface area (Å²) in [5.74, 6) is 0.245. The van der Waals surface area contributed by atoms with Gasteiger partial charge in [0.05, 0.1) is 17.6 Å². The summed E-state index contributed by atoms with van der Waals surface area (Å²) < 4.78 is 22.0. The highest BCUT2D eigenvalue weighted by Gasteiger charge is 2.08. The van der Waals surface area contributed by atoms with Gasteiger partial charge in [-0.2, -0.15) is 5.26 Å². The molecule has 0 aromatic heterocycles. The van der Waals surface area contributed by atoms with E-state index >= 15 is 0 Å². The number of nitrogens with zero attached hydrogens (tertiary/aromatic N) is 1. The Balaban J connectivity index is 3.74. The Morgan fingerprint density at radius 3 is 2.45 bits per heavy atom. The SMILES string of the molecule is CCCCS(=O)(=O)CCC#N. The first-order valence-electron chi connectivity index (χ1n) is 3.69. The summed E-state index contributed by atoms with van der Waals surface area (Å²) in [6.07, 6.45) is 1.70. The second-order valence-corrected chi connectivity index (χ2v) is 4.72. The lowest BCUT2D eigenvalue weighted by atomic mass is 10.4. The molecule has 11 heavy (non-hydrogen) atoms. The predicted octanol–water partition coefficient (Wildman–Crippen LogP) is 1.11. The van der Waals surface area contributed by atoms with E-state index in [2.05, 4.69) is 0 Å².